The molecule has 0 amide bonds. The van der Waals surface area contributed by atoms with Crippen molar-refractivity contribution < 1.29 is 4.52 Å². The van der Waals surface area contributed by atoms with Crippen LogP contribution in [-0.4, -0.2) is 36.2 Å². The van der Waals surface area contributed by atoms with Gasteiger partial charge < -0.3 is 14.7 Å². The van der Waals surface area contributed by atoms with Crippen LogP contribution in [-0.2, 0) is 0 Å². The summed E-state index contributed by atoms with van der Waals surface area (Å²) in [5, 5.41) is 7.65. The van der Waals surface area contributed by atoms with Crippen molar-refractivity contribution in [1.82, 2.24) is 15.4 Å². The summed E-state index contributed by atoms with van der Waals surface area (Å²) in [5.41, 5.74) is 2.22. The van der Waals surface area contributed by atoms with Crippen molar-refractivity contribution >= 4 is 0 Å². The number of nitrogens with one attached hydrogen (secondary N) is 1. The zero-order valence-corrected chi connectivity index (χ0v) is 12.0. The lowest BCUT2D eigenvalue weighted by Gasteiger charge is -2.33. The first kappa shape index (κ1) is 13.6. The number of hydrogen-bond acceptors (Lipinski definition) is 4. The number of likely N-dealkylation sites (N-methyl/N-ethyl adjacent to an activating group) is 1. The number of piperidine rings is 1. The van der Waals surface area contributed by atoms with Crippen molar-refractivity contribution in [2.24, 2.45) is 0 Å². The molecule has 4 nitrogen and oxygen atoms in total. The fourth-order valence-electron chi connectivity index (χ4n) is 2.93. The predicted octanol–water partition coefficient (Wildman–Crippen LogP) is 2.43. The van der Waals surface area contributed by atoms with Crippen molar-refractivity contribution in [3.63, 3.8) is 0 Å². The van der Waals surface area contributed by atoms with Crippen LogP contribution >= 0.6 is 0 Å². The van der Waals surface area contributed by atoms with Gasteiger partial charge in [-0.2, -0.15) is 0 Å². The van der Waals surface area contributed by atoms with Gasteiger partial charge in [-0.1, -0.05) is 11.6 Å². The number of hydrogen-bond donors (Lipinski definition) is 1. The minimum atomic E-state index is 0.312. The second kappa shape index (κ2) is 5.85. The molecule has 1 aromatic rings. The van der Waals surface area contributed by atoms with Crippen LogP contribution in [0.3, 0.4) is 0 Å². The predicted molar refractivity (Wildman–Crippen MR) is 72.7 cm³/mol. The molecule has 18 heavy (non-hydrogen) atoms. The lowest BCUT2D eigenvalue weighted by Crippen LogP contribution is -2.43. The SMILES string of the molecule is Cc1noc(C)c1C(C)NCC1CCCCN1C. The van der Waals surface area contributed by atoms with Crippen LogP contribution in [0.1, 0.15) is 49.2 Å². The van der Waals surface area contributed by atoms with Crippen LogP contribution in [0.15, 0.2) is 4.52 Å². The molecular formula is C14H25N3O. The molecule has 0 aliphatic carbocycles. The van der Waals surface area contributed by atoms with Gasteiger partial charge in [0.1, 0.15) is 5.76 Å². The highest BCUT2D eigenvalue weighted by Crippen LogP contribution is 2.21. The van der Waals surface area contributed by atoms with Gasteiger partial charge in [0.05, 0.1) is 5.69 Å². The topological polar surface area (TPSA) is 41.3 Å². The van der Waals surface area contributed by atoms with Crippen LogP contribution in [0.25, 0.3) is 0 Å². The minimum absolute atomic E-state index is 0.312. The number of aryl methyl sites for hydroxylation is 2. The molecule has 1 aliphatic heterocycles. The van der Waals surface area contributed by atoms with Gasteiger partial charge in [0.2, 0.25) is 0 Å². The summed E-state index contributed by atoms with van der Waals surface area (Å²) in [6.45, 7) is 8.46. The van der Waals surface area contributed by atoms with Gasteiger partial charge in [-0.25, -0.2) is 0 Å². The summed E-state index contributed by atoms with van der Waals surface area (Å²) < 4.78 is 5.23. The fraction of sp³-hybridized carbons (Fsp3) is 0.786. The van der Waals surface area contributed by atoms with Gasteiger partial charge >= 0.3 is 0 Å². The summed E-state index contributed by atoms with van der Waals surface area (Å²) in [4.78, 5) is 2.47. The van der Waals surface area contributed by atoms with Gasteiger partial charge in [-0.3, -0.25) is 0 Å². The summed E-state index contributed by atoms with van der Waals surface area (Å²) in [5.74, 6) is 0.935. The molecule has 1 aliphatic rings. The molecule has 1 fully saturated rings. The molecule has 1 N–H and O–H groups in total. The monoisotopic (exact) mass is 251 g/mol. The first-order valence-electron chi connectivity index (χ1n) is 6.96. The number of nitrogens with zero attached hydrogens (tertiary/aromatic N) is 2. The maximum atomic E-state index is 5.23. The van der Waals surface area contributed by atoms with E-state index in [9.17, 15) is 0 Å². The van der Waals surface area contributed by atoms with E-state index < -0.39 is 0 Å². The van der Waals surface area contributed by atoms with E-state index in [1.165, 1.54) is 31.4 Å². The van der Waals surface area contributed by atoms with Crippen LogP contribution in [0.5, 0.6) is 0 Å². The lowest BCUT2D eigenvalue weighted by atomic mass is 10.0. The maximum absolute atomic E-state index is 5.23. The Hall–Kier alpha value is -0.870. The van der Waals surface area contributed by atoms with E-state index in [-0.39, 0.29) is 0 Å². The molecule has 4 heteroatoms. The molecular weight excluding hydrogens is 226 g/mol. The van der Waals surface area contributed by atoms with E-state index in [1.807, 2.05) is 13.8 Å². The van der Waals surface area contributed by atoms with Crippen LogP contribution in [0, 0.1) is 13.8 Å². The van der Waals surface area contributed by atoms with E-state index in [0.717, 1.165) is 18.0 Å². The third-order valence-electron chi connectivity index (χ3n) is 4.10. The maximum Gasteiger partial charge on any atom is 0.138 e. The molecule has 0 bridgehead atoms. The highest BCUT2D eigenvalue weighted by atomic mass is 16.5. The molecule has 0 radical (unpaired) electrons. The van der Waals surface area contributed by atoms with Crippen molar-refractivity contribution in [3.8, 4) is 0 Å². The van der Waals surface area contributed by atoms with Crippen molar-refractivity contribution in [2.45, 2.75) is 52.1 Å². The highest BCUT2D eigenvalue weighted by Gasteiger charge is 2.21. The second-order valence-corrected chi connectivity index (χ2v) is 5.50. The quantitative estimate of drug-likeness (QED) is 0.892. The van der Waals surface area contributed by atoms with Crippen molar-refractivity contribution in [3.05, 3.63) is 17.0 Å². The zero-order chi connectivity index (χ0) is 13.1. The molecule has 0 saturated carbocycles. The smallest absolute Gasteiger partial charge is 0.138 e. The van der Waals surface area contributed by atoms with Gasteiger partial charge in [0, 0.05) is 24.2 Å². The Labute approximate surface area is 110 Å². The average molecular weight is 251 g/mol. The molecule has 2 atom stereocenters. The number of rotatable bonds is 4. The van der Waals surface area contributed by atoms with Crippen LogP contribution < -0.4 is 5.32 Å². The summed E-state index contributed by atoms with van der Waals surface area (Å²) in [6, 6.07) is 0.980. The highest BCUT2D eigenvalue weighted by molar-refractivity contribution is 5.24. The van der Waals surface area contributed by atoms with E-state index in [2.05, 4.69) is 29.3 Å². The Morgan fingerprint density at radius 3 is 2.83 bits per heavy atom. The van der Waals surface area contributed by atoms with E-state index in [4.69, 9.17) is 4.52 Å². The average Bonchev–Trinajstić information content (AvgIpc) is 2.68. The molecule has 1 aromatic heterocycles. The zero-order valence-electron chi connectivity index (χ0n) is 12.0. The lowest BCUT2D eigenvalue weighted by molar-refractivity contribution is 0.178. The molecule has 102 valence electrons. The van der Waals surface area contributed by atoms with Gasteiger partial charge in [0.25, 0.3) is 0 Å². The Balaban J connectivity index is 1.90. The van der Waals surface area contributed by atoms with E-state index >= 15 is 0 Å². The van der Waals surface area contributed by atoms with Gasteiger partial charge in [-0.05, 0) is 47.2 Å². The molecule has 2 heterocycles. The first-order chi connectivity index (χ1) is 8.59. The Bertz CT molecular complexity index is 369. The largest absolute Gasteiger partial charge is 0.361 e. The van der Waals surface area contributed by atoms with Gasteiger partial charge in [0.15, 0.2) is 0 Å². The molecule has 1 saturated heterocycles. The Morgan fingerprint density at radius 1 is 1.44 bits per heavy atom. The third-order valence-corrected chi connectivity index (χ3v) is 4.10. The standard InChI is InChI=1S/C14H25N3O/c1-10(14-11(2)16-18-12(14)3)15-9-13-7-5-6-8-17(13)4/h10,13,15H,5-9H2,1-4H3. The van der Waals surface area contributed by atoms with Crippen LogP contribution in [0.2, 0.25) is 0 Å². The number of likely N-dealkylation sites (tertiary alicyclic amines) is 1. The third kappa shape index (κ3) is 2.93. The fourth-order valence-corrected chi connectivity index (χ4v) is 2.93. The first-order valence-corrected chi connectivity index (χ1v) is 6.96. The summed E-state index contributed by atoms with van der Waals surface area (Å²) >= 11 is 0. The van der Waals surface area contributed by atoms with Crippen molar-refractivity contribution in [2.75, 3.05) is 20.1 Å². The molecule has 0 aromatic carbocycles. The second-order valence-electron chi connectivity index (χ2n) is 5.50. The minimum Gasteiger partial charge on any atom is -0.361 e. The summed E-state index contributed by atoms with van der Waals surface area (Å²) in [7, 11) is 2.23. The van der Waals surface area contributed by atoms with E-state index in [1.54, 1.807) is 0 Å². The van der Waals surface area contributed by atoms with Crippen LogP contribution in [0.4, 0.5) is 0 Å². The molecule has 2 unspecified atom stereocenters. The summed E-state index contributed by atoms with van der Waals surface area (Å²) in [6.07, 6.45) is 4.00. The molecule has 0 spiro atoms. The van der Waals surface area contributed by atoms with Crippen molar-refractivity contribution in [1.29, 1.82) is 0 Å². The Kier molecular flexibility index (Phi) is 4.40. The number of aromatic nitrogens is 1. The normalized spacial score (nSPS) is 23.2. The van der Waals surface area contributed by atoms with E-state index in [0.29, 0.717) is 12.1 Å². The Morgan fingerprint density at radius 2 is 2.22 bits per heavy atom. The van der Waals surface area contributed by atoms with Gasteiger partial charge in [-0.15, -0.1) is 0 Å². The molecule has 2 rings (SSSR count).